The number of nitrogens with zero attached hydrogens (tertiary/aromatic N) is 2. The van der Waals surface area contributed by atoms with Crippen LogP contribution in [0.2, 0.25) is 0 Å². The summed E-state index contributed by atoms with van der Waals surface area (Å²) < 4.78 is 11.0. The van der Waals surface area contributed by atoms with Crippen LogP contribution in [-0.4, -0.2) is 35.4 Å². The lowest BCUT2D eigenvalue weighted by Gasteiger charge is -2.12. The zero-order valence-corrected chi connectivity index (χ0v) is 15.5. The molecular weight excluding hydrogens is 366 g/mol. The van der Waals surface area contributed by atoms with Gasteiger partial charge in [0.2, 0.25) is 5.75 Å². The van der Waals surface area contributed by atoms with Gasteiger partial charge in [-0.15, -0.1) is 0 Å². The van der Waals surface area contributed by atoms with E-state index in [9.17, 15) is 20.0 Å². The maximum absolute atomic E-state index is 12.0. The van der Waals surface area contributed by atoms with Crippen LogP contribution in [0, 0.1) is 10.1 Å². The van der Waals surface area contributed by atoms with Gasteiger partial charge in [0.05, 0.1) is 29.9 Å². The van der Waals surface area contributed by atoms with Crippen molar-refractivity contribution in [2.45, 2.75) is 20.3 Å². The number of nitro benzene ring substituents is 1. The van der Waals surface area contributed by atoms with Gasteiger partial charge >= 0.3 is 5.69 Å². The number of carbonyl (C=O) groups excluding carboxylic acids is 1. The summed E-state index contributed by atoms with van der Waals surface area (Å²) >= 11 is 0. The summed E-state index contributed by atoms with van der Waals surface area (Å²) in [6.45, 7) is 4.25. The van der Waals surface area contributed by atoms with Crippen LogP contribution >= 0.6 is 0 Å². The fourth-order valence-corrected chi connectivity index (χ4v) is 2.32. The average Bonchev–Trinajstić information content (AvgIpc) is 2.67. The topological polar surface area (TPSA) is 123 Å². The minimum absolute atomic E-state index is 0.0592. The second-order valence-electron chi connectivity index (χ2n) is 5.62. The lowest BCUT2D eigenvalue weighted by molar-refractivity contribution is -0.386. The fraction of sp³-hybridized carbons (Fsp3) is 0.263. The summed E-state index contributed by atoms with van der Waals surface area (Å²) in [5.74, 6) is -0.513. The number of aromatic hydroxyl groups is 1. The standard InChI is InChI=1S/C19H21N3O6/c1-3-9-28-18-15(22(25)26)10-13(11-17(18)27-4-2)12-20-21-19(24)14-7-5-6-8-16(14)23/h5-8,10-12,23H,3-4,9H2,1-2H3,(H,21,24)/b20-12-. The molecule has 0 saturated heterocycles. The molecule has 148 valence electrons. The third kappa shape index (κ3) is 5.19. The Morgan fingerprint density at radius 2 is 2.04 bits per heavy atom. The maximum Gasteiger partial charge on any atom is 0.315 e. The van der Waals surface area contributed by atoms with Gasteiger partial charge in [-0.1, -0.05) is 19.1 Å². The van der Waals surface area contributed by atoms with Gasteiger partial charge in [0.1, 0.15) is 5.75 Å². The molecule has 2 rings (SSSR count). The predicted molar refractivity (Wildman–Crippen MR) is 103 cm³/mol. The molecule has 2 aromatic rings. The van der Waals surface area contributed by atoms with E-state index in [-0.39, 0.29) is 28.5 Å². The van der Waals surface area contributed by atoms with E-state index in [4.69, 9.17) is 9.47 Å². The first-order chi connectivity index (χ1) is 13.5. The van der Waals surface area contributed by atoms with E-state index in [1.807, 2.05) is 6.92 Å². The molecule has 9 nitrogen and oxygen atoms in total. The van der Waals surface area contributed by atoms with Gasteiger partial charge in [-0.2, -0.15) is 5.10 Å². The predicted octanol–water partition coefficient (Wildman–Crippen LogP) is 3.25. The molecule has 0 spiro atoms. The SMILES string of the molecule is CCCOc1c(OCC)cc(/C=N\NC(=O)c2ccccc2O)cc1[N+](=O)[O-]. The van der Waals surface area contributed by atoms with Crippen molar-refractivity contribution < 1.29 is 24.3 Å². The smallest absolute Gasteiger partial charge is 0.315 e. The molecule has 0 aromatic heterocycles. The number of nitro groups is 1. The highest BCUT2D eigenvalue weighted by molar-refractivity contribution is 5.97. The van der Waals surface area contributed by atoms with Gasteiger partial charge in [-0.05, 0) is 31.5 Å². The van der Waals surface area contributed by atoms with Crippen LogP contribution in [0.1, 0.15) is 36.2 Å². The molecule has 1 amide bonds. The number of phenolic OH excluding ortho intramolecular Hbond substituents is 1. The minimum atomic E-state index is -0.614. The zero-order chi connectivity index (χ0) is 20.5. The Morgan fingerprint density at radius 3 is 2.68 bits per heavy atom. The molecule has 0 aliphatic rings. The molecule has 0 unspecified atom stereocenters. The van der Waals surface area contributed by atoms with Crippen LogP contribution in [-0.2, 0) is 0 Å². The first-order valence-corrected chi connectivity index (χ1v) is 8.67. The summed E-state index contributed by atoms with van der Waals surface area (Å²) in [6.07, 6.45) is 1.93. The number of nitrogens with one attached hydrogen (secondary N) is 1. The zero-order valence-electron chi connectivity index (χ0n) is 15.5. The van der Waals surface area contributed by atoms with Crippen molar-refractivity contribution >= 4 is 17.8 Å². The third-order valence-electron chi connectivity index (χ3n) is 3.53. The van der Waals surface area contributed by atoms with Gasteiger partial charge in [0.15, 0.2) is 5.75 Å². The summed E-state index contributed by atoms with van der Waals surface area (Å²) in [5.41, 5.74) is 2.41. The van der Waals surface area contributed by atoms with E-state index in [1.165, 1.54) is 30.5 Å². The summed E-state index contributed by atoms with van der Waals surface area (Å²) in [4.78, 5) is 22.9. The summed E-state index contributed by atoms with van der Waals surface area (Å²) in [5, 5.41) is 24.9. The highest BCUT2D eigenvalue weighted by Gasteiger charge is 2.22. The highest BCUT2D eigenvalue weighted by Crippen LogP contribution is 2.38. The molecule has 2 N–H and O–H groups in total. The lowest BCUT2D eigenvalue weighted by Crippen LogP contribution is -2.17. The number of hydrogen-bond acceptors (Lipinski definition) is 7. The van der Waals surface area contributed by atoms with Crippen molar-refractivity contribution in [3.63, 3.8) is 0 Å². The van der Waals surface area contributed by atoms with Crippen LogP contribution in [0.3, 0.4) is 0 Å². The van der Waals surface area contributed by atoms with Gasteiger partial charge in [-0.3, -0.25) is 14.9 Å². The van der Waals surface area contributed by atoms with E-state index in [0.29, 0.717) is 25.2 Å². The molecule has 0 bridgehead atoms. The van der Waals surface area contributed by atoms with E-state index >= 15 is 0 Å². The maximum atomic E-state index is 12.0. The largest absolute Gasteiger partial charge is 0.507 e. The molecule has 0 atom stereocenters. The van der Waals surface area contributed by atoms with Crippen molar-refractivity contribution in [1.29, 1.82) is 0 Å². The van der Waals surface area contributed by atoms with Crippen molar-refractivity contribution in [1.82, 2.24) is 5.43 Å². The first-order valence-electron chi connectivity index (χ1n) is 8.67. The Kier molecular flexibility index (Phi) is 7.32. The second-order valence-corrected chi connectivity index (χ2v) is 5.62. The van der Waals surface area contributed by atoms with Crippen LogP contribution in [0.4, 0.5) is 5.69 Å². The first kappa shape index (κ1) is 20.7. The lowest BCUT2D eigenvalue weighted by atomic mass is 10.2. The van der Waals surface area contributed by atoms with E-state index in [1.54, 1.807) is 19.1 Å². The number of hydrogen-bond donors (Lipinski definition) is 2. The molecule has 0 saturated carbocycles. The minimum Gasteiger partial charge on any atom is -0.507 e. The van der Waals surface area contributed by atoms with Crippen LogP contribution < -0.4 is 14.9 Å². The van der Waals surface area contributed by atoms with Gasteiger partial charge in [-0.25, -0.2) is 5.43 Å². The fourth-order valence-electron chi connectivity index (χ4n) is 2.32. The van der Waals surface area contributed by atoms with E-state index in [0.717, 1.165) is 0 Å². The number of amides is 1. The number of rotatable bonds is 9. The van der Waals surface area contributed by atoms with Crippen molar-refractivity contribution in [3.8, 4) is 17.2 Å². The Bertz CT molecular complexity index is 882. The van der Waals surface area contributed by atoms with Crippen molar-refractivity contribution in [2.24, 2.45) is 5.10 Å². The van der Waals surface area contributed by atoms with Gasteiger partial charge in [0.25, 0.3) is 5.91 Å². The van der Waals surface area contributed by atoms with Gasteiger partial charge < -0.3 is 14.6 Å². The number of phenols is 1. The number of hydrazone groups is 1. The van der Waals surface area contributed by atoms with E-state index < -0.39 is 10.8 Å². The van der Waals surface area contributed by atoms with Crippen molar-refractivity contribution in [3.05, 3.63) is 57.6 Å². The number of ether oxygens (including phenoxy) is 2. The number of para-hydroxylation sites is 1. The Balaban J connectivity index is 2.27. The highest BCUT2D eigenvalue weighted by atomic mass is 16.6. The molecular formula is C19H21N3O6. The molecule has 0 fully saturated rings. The summed E-state index contributed by atoms with van der Waals surface area (Å²) in [6, 6.07) is 8.83. The van der Waals surface area contributed by atoms with Crippen LogP contribution in [0.15, 0.2) is 41.5 Å². The second kappa shape index (κ2) is 9.91. The van der Waals surface area contributed by atoms with Gasteiger partial charge in [0, 0.05) is 11.6 Å². The number of benzene rings is 2. The van der Waals surface area contributed by atoms with E-state index in [2.05, 4.69) is 10.5 Å². The average molecular weight is 387 g/mol. The van der Waals surface area contributed by atoms with Crippen LogP contribution in [0.25, 0.3) is 0 Å². The Morgan fingerprint density at radius 1 is 1.29 bits per heavy atom. The molecule has 28 heavy (non-hydrogen) atoms. The molecule has 0 radical (unpaired) electrons. The molecule has 0 aliphatic heterocycles. The monoisotopic (exact) mass is 387 g/mol. The Hall–Kier alpha value is -3.62. The number of carbonyl (C=O) groups is 1. The molecule has 9 heteroatoms. The molecule has 2 aromatic carbocycles. The quantitative estimate of drug-likeness (QED) is 0.387. The normalized spacial score (nSPS) is 10.6. The third-order valence-corrected chi connectivity index (χ3v) is 3.53. The molecule has 0 heterocycles. The van der Waals surface area contributed by atoms with Crippen molar-refractivity contribution in [2.75, 3.05) is 13.2 Å². The Labute approximate surface area is 161 Å². The summed E-state index contributed by atoms with van der Waals surface area (Å²) in [7, 11) is 0. The van der Waals surface area contributed by atoms with Crippen LogP contribution in [0.5, 0.6) is 17.2 Å². The molecule has 0 aliphatic carbocycles.